The van der Waals surface area contributed by atoms with Crippen LogP contribution in [0.4, 0.5) is 13.2 Å². The summed E-state index contributed by atoms with van der Waals surface area (Å²) in [6.45, 7) is 0. The minimum atomic E-state index is -4.39. The summed E-state index contributed by atoms with van der Waals surface area (Å²) in [4.78, 5) is 0. The predicted molar refractivity (Wildman–Crippen MR) is 57.3 cm³/mol. The zero-order valence-corrected chi connectivity index (χ0v) is 10.5. The molecule has 0 spiro atoms. The number of allylic oxidation sites excluding steroid dienone is 1. The molecule has 0 aliphatic rings. The van der Waals surface area contributed by atoms with Crippen LogP contribution < -0.4 is 0 Å². The van der Waals surface area contributed by atoms with Crippen LogP contribution in [0.5, 0.6) is 0 Å². The molecule has 1 aromatic carbocycles. The molecule has 79 valence electrons. The minimum absolute atomic E-state index is 0. The summed E-state index contributed by atoms with van der Waals surface area (Å²) in [6, 6.07) is 6.01. The molecule has 14 heavy (non-hydrogen) atoms. The summed E-state index contributed by atoms with van der Waals surface area (Å²) in [5, 5.41) is 0.490. The zero-order chi connectivity index (χ0) is 9.90. The van der Waals surface area contributed by atoms with Crippen LogP contribution in [0.1, 0.15) is 9.84 Å². The van der Waals surface area contributed by atoms with Gasteiger partial charge in [-0.3, -0.25) is 0 Å². The van der Waals surface area contributed by atoms with Crippen LogP contribution in [0.15, 0.2) is 24.3 Å². The van der Waals surface area contributed by atoms with Crippen molar-refractivity contribution in [1.82, 2.24) is 0 Å². The first-order valence-corrected chi connectivity index (χ1v) is 3.78. The van der Waals surface area contributed by atoms with Crippen LogP contribution in [0.3, 0.4) is 0 Å². The van der Waals surface area contributed by atoms with E-state index in [-0.39, 0.29) is 28.2 Å². The third-order valence-electron chi connectivity index (χ3n) is 1.27. The molecule has 0 saturated carbocycles. The Hall–Kier alpha value is -0.161. The van der Waals surface area contributed by atoms with Gasteiger partial charge in [-0.05, 0) is 23.8 Å². The fraction of sp³-hybridized carbons (Fsp3) is 0.111. The standard InChI is InChI=1S/C9H5ClF3.Sn.3H2/c10-8-3-1-7(2-4-8)5-6-9(11,12)13;;;;/h1-5H;;3*1H. The third-order valence-corrected chi connectivity index (χ3v) is 1.52. The molecule has 0 atom stereocenters. The maximum absolute atomic E-state index is 11.7. The van der Waals surface area contributed by atoms with E-state index in [0.717, 1.165) is 6.08 Å². The van der Waals surface area contributed by atoms with Gasteiger partial charge in [0.25, 0.3) is 0 Å². The maximum Gasteiger partial charge on any atom is 0.417 e. The Kier molecular flexibility index (Phi) is 5.59. The van der Waals surface area contributed by atoms with Gasteiger partial charge >= 0.3 is 6.18 Å². The number of alkyl halides is 3. The van der Waals surface area contributed by atoms with E-state index in [0.29, 0.717) is 10.6 Å². The van der Waals surface area contributed by atoms with Gasteiger partial charge in [0.15, 0.2) is 0 Å². The molecule has 0 aliphatic heterocycles. The Labute approximate surface area is 106 Å². The third kappa shape index (κ3) is 5.54. The number of hydrogen-bond acceptors (Lipinski definition) is 0. The normalized spacial score (nSPS) is 11.4. The fourth-order valence-electron chi connectivity index (χ4n) is 0.724. The summed E-state index contributed by atoms with van der Waals surface area (Å²) < 4.78 is 35.0. The zero-order valence-electron chi connectivity index (χ0n) is 6.90. The largest absolute Gasteiger partial charge is 0.417 e. The van der Waals surface area contributed by atoms with Crippen molar-refractivity contribution in [3.05, 3.63) is 40.9 Å². The van der Waals surface area contributed by atoms with Crippen LogP contribution in [-0.4, -0.2) is 30.1 Å². The average Bonchev–Trinajstić information content (AvgIpc) is 2.02. The second-order valence-corrected chi connectivity index (χ2v) is 2.77. The van der Waals surface area contributed by atoms with Gasteiger partial charge in [-0.25, -0.2) is 0 Å². The molecule has 0 heterocycles. The quantitative estimate of drug-likeness (QED) is 0.681. The van der Waals surface area contributed by atoms with E-state index in [2.05, 4.69) is 0 Å². The van der Waals surface area contributed by atoms with Gasteiger partial charge in [-0.15, -0.1) is 0 Å². The average molecular weight is 330 g/mol. The van der Waals surface area contributed by atoms with Crippen molar-refractivity contribution >= 4 is 41.6 Å². The number of hydrogen-bond donors (Lipinski definition) is 0. The Morgan fingerprint density at radius 3 is 2.14 bits per heavy atom. The molecule has 0 aromatic heterocycles. The van der Waals surface area contributed by atoms with Crippen molar-refractivity contribution in [2.24, 2.45) is 0 Å². The molecule has 0 fully saturated rings. The van der Waals surface area contributed by atoms with E-state index in [1.54, 1.807) is 0 Å². The minimum Gasteiger partial charge on any atom is -0.166 e. The van der Waals surface area contributed by atoms with E-state index in [1.807, 2.05) is 0 Å². The number of benzene rings is 1. The van der Waals surface area contributed by atoms with Crippen LogP contribution in [0, 0.1) is 6.08 Å². The summed E-state index contributed by atoms with van der Waals surface area (Å²) in [6.07, 6.45) is -2.23. The van der Waals surface area contributed by atoms with E-state index in [4.69, 9.17) is 11.6 Å². The molecule has 0 amide bonds. The van der Waals surface area contributed by atoms with Crippen molar-refractivity contribution in [3.8, 4) is 0 Å². The molecule has 1 aromatic rings. The van der Waals surface area contributed by atoms with Crippen molar-refractivity contribution in [1.29, 1.82) is 0 Å². The molecule has 0 saturated heterocycles. The maximum atomic E-state index is 11.7. The van der Waals surface area contributed by atoms with E-state index in [1.165, 1.54) is 30.3 Å². The topological polar surface area (TPSA) is 0 Å². The van der Waals surface area contributed by atoms with Crippen molar-refractivity contribution in [2.45, 2.75) is 6.18 Å². The molecule has 0 unspecified atom stereocenters. The van der Waals surface area contributed by atoms with Gasteiger partial charge in [0.1, 0.15) is 0 Å². The molecule has 0 bridgehead atoms. The fourth-order valence-corrected chi connectivity index (χ4v) is 0.850. The first kappa shape index (κ1) is 13.8. The number of halogens is 4. The Bertz CT molecular complexity index is 314. The van der Waals surface area contributed by atoms with Crippen LogP contribution in [-0.2, 0) is 0 Å². The first-order valence-electron chi connectivity index (χ1n) is 3.40. The van der Waals surface area contributed by atoms with Crippen molar-refractivity contribution in [2.75, 3.05) is 0 Å². The summed E-state index contributed by atoms with van der Waals surface area (Å²) in [5.41, 5.74) is 0.418. The first-order chi connectivity index (χ1) is 5.97. The van der Waals surface area contributed by atoms with Gasteiger partial charge in [0.2, 0.25) is 0 Å². The molecule has 0 aliphatic carbocycles. The molecule has 0 N–H and O–H groups in total. The predicted octanol–water partition coefficient (Wildman–Crippen LogP) is 4.08. The van der Waals surface area contributed by atoms with Gasteiger partial charge in [0, 0.05) is 33.2 Å². The molecular formula is C9H11ClF3Sn. The van der Waals surface area contributed by atoms with Crippen LogP contribution in [0.2, 0.25) is 5.02 Å². The Morgan fingerprint density at radius 1 is 1.21 bits per heavy atom. The van der Waals surface area contributed by atoms with Gasteiger partial charge < -0.3 is 0 Å². The SMILES string of the molecule is FC(F)(F)[C]=Cc1ccc(Cl)cc1.[HH].[HH].[HH].[Sn]. The molecule has 5 radical (unpaired) electrons. The van der Waals surface area contributed by atoms with Crippen LogP contribution in [0.25, 0.3) is 6.08 Å². The molecule has 5 heteroatoms. The molecule has 1 rings (SSSR count). The Morgan fingerprint density at radius 2 is 1.71 bits per heavy atom. The second kappa shape index (κ2) is 5.65. The Balaban J connectivity index is -0.000000211. The van der Waals surface area contributed by atoms with E-state index in [9.17, 15) is 13.2 Å². The number of rotatable bonds is 1. The smallest absolute Gasteiger partial charge is 0.166 e. The summed E-state index contributed by atoms with van der Waals surface area (Å²) in [5.74, 6) is 0. The van der Waals surface area contributed by atoms with E-state index < -0.39 is 6.18 Å². The molecular weight excluding hydrogens is 319 g/mol. The summed E-state index contributed by atoms with van der Waals surface area (Å²) >= 11 is 5.55. The second-order valence-electron chi connectivity index (χ2n) is 2.34. The van der Waals surface area contributed by atoms with Gasteiger partial charge in [-0.1, -0.05) is 23.7 Å². The van der Waals surface area contributed by atoms with Gasteiger partial charge in [0.05, 0.1) is 6.08 Å². The molecule has 0 nitrogen and oxygen atoms in total. The van der Waals surface area contributed by atoms with Crippen LogP contribution >= 0.6 is 11.6 Å². The summed E-state index contributed by atoms with van der Waals surface area (Å²) in [7, 11) is 0. The van der Waals surface area contributed by atoms with E-state index >= 15 is 0 Å². The van der Waals surface area contributed by atoms with Crippen molar-refractivity contribution < 1.29 is 17.5 Å². The monoisotopic (exact) mass is 331 g/mol. The van der Waals surface area contributed by atoms with Gasteiger partial charge in [-0.2, -0.15) is 13.2 Å². The van der Waals surface area contributed by atoms with Crippen molar-refractivity contribution in [3.63, 3.8) is 0 Å².